The summed E-state index contributed by atoms with van der Waals surface area (Å²) in [5.41, 5.74) is 10.8. The predicted octanol–water partition coefficient (Wildman–Crippen LogP) is 10.5. The summed E-state index contributed by atoms with van der Waals surface area (Å²) in [5, 5.41) is 26.3. The van der Waals surface area contributed by atoms with E-state index in [0.29, 0.717) is 5.41 Å². The van der Waals surface area contributed by atoms with Gasteiger partial charge in [-0.25, -0.2) is 0 Å². The fraction of sp³-hybridized carbons (Fsp3) is 0.333. The first-order valence-electron chi connectivity index (χ1n) is 17.0. The van der Waals surface area contributed by atoms with E-state index in [9.17, 15) is 0 Å². The van der Waals surface area contributed by atoms with Crippen LogP contribution in [0, 0.1) is 29.1 Å². The molecule has 5 fully saturated rings. The monoisotopic (exact) mass is 530 g/mol. The number of rotatable bonds is 0. The zero-order chi connectivity index (χ0) is 25.9. The minimum atomic E-state index is 0.567. The highest BCUT2D eigenvalue weighted by atomic mass is 14.8. The van der Waals surface area contributed by atoms with Gasteiger partial charge in [0.2, 0.25) is 0 Å². The lowest BCUT2D eigenvalue weighted by atomic mass is 9.49. The summed E-state index contributed by atoms with van der Waals surface area (Å²) >= 11 is 0. The maximum absolute atomic E-state index is 2.82. The van der Waals surface area contributed by atoms with E-state index in [2.05, 4.69) is 36.4 Å². The van der Waals surface area contributed by atoms with Crippen LogP contribution in [0.2, 0.25) is 0 Å². The zero-order valence-electron chi connectivity index (χ0n) is 23.4. The molecule has 0 N–H and O–H groups in total. The molecule has 42 heavy (non-hydrogen) atoms. The molecular formula is C42H26. The topological polar surface area (TPSA) is 0 Å². The third-order valence-corrected chi connectivity index (χ3v) is 15.7. The summed E-state index contributed by atoms with van der Waals surface area (Å²) in [6, 6.07) is 15.7. The van der Waals surface area contributed by atoms with Crippen LogP contribution >= 0.6 is 0 Å². The second-order valence-electron chi connectivity index (χ2n) is 16.7. The molecular weight excluding hydrogens is 504 g/mol. The molecule has 9 aromatic carbocycles. The van der Waals surface area contributed by atoms with Crippen LogP contribution in [0.5, 0.6) is 0 Å². The molecule has 8 aliphatic carbocycles. The number of fused-ring (bicyclic) bond motifs is 3. The van der Waals surface area contributed by atoms with Crippen molar-refractivity contribution in [3.05, 3.63) is 69.8 Å². The van der Waals surface area contributed by atoms with Crippen molar-refractivity contribution in [2.75, 3.05) is 0 Å². The number of hydrogen-bond donors (Lipinski definition) is 0. The van der Waals surface area contributed by atoms with Gasteiger partial charge in [0.05, 0.1) is 0 Å². The van der Waals surface area contributed by atoms with Crippen molar-refractivity contribution >= 4 is 86.2 Å². The molecule has 17 rings (SSSR count). The summed E-state index contributed by atoms with van der Waals surface area (Å²) < 4.78 is 0. The molecule has 8 aliphatic rings. The van der Waals surface area contributed by atoms with E-state index < -0.39 is 0 Å². The van der Waals surface area contributed by atoms with Gasteiger partial charge in [-0.2, -0.15) is 0 Å². The molecule has 0 aromatic heterocycles. The van der Waals surface area contributed by atoms with Crippen LogP contribution in [0.3, 0.4) is 0 Å². The fourth-order valence-corrected chi connectivity index (χ4v) is 15.3. The van der Waals surface area contributed by atoms with Gasteiger partial charge in [-0.05, 0) is 205 Å². The fourth-order valence-electron chi connectivity index (χ4n) is 15.3. The van der Waals surface area contributed by atoms with Crippen molar-refractivity contribution in [1.82, 2.24) is 0 Å². The van der Waals surface area contributed by atoms with E-state index in [4.69, 9.17) is 0 Å². The van der Waals surface area contributed by atoms with Gasteiger partial charge < -0.3 is 0 Å². The first kappa shape index (κ1) is 18.8. The van der Waals surface area contributed by atoms with E-state index in [1.807, 2.05) is 11.1 Å². The van der Waals surface area contributed by atoms with Crippen molar-refractivity contribution < 1.29 is 0 Å². The van der Waals surface area contributed by atoms with Crippen LogP contribution in [0.15, 0.2) is 36.4 Å². The largest absolute Gasteiger partial charge is 0.0539 e. The molecule has 2 unspecified atom stereocenters. The molecule has 4 bridgehead atoms. The Labute approximate surface area is 241 Å². The Kier molecular flexibility index (Phi) is 2.24. The predicted molar refractivity (Wildman–Crippen MR) is 173 cm³/mol. The molecule has 0 radical (unpaired) electrons. The highest BCUT2D eigenvalue weighted by Crippen LogP contribution is 2.86. The average Bonchev–Trinajstić information content (AvgIpc) is 3.32. The molecule has 0 saturated heterocycles. The van der Waals surface area contributed by atoms with E-state index in [1.165, 1.54) is 10.8 Å². The van der Waals surface area contributed by atoms with Gasteiger partial charge in [0.15, 0.2) is 0 Å². The Morgan fingerprint density at radius 3 is 1.29 bits per heavy atom. The normalized spacial score (nSPS) is 34.6. The summed E-state index contributed by atoms with van der Waals surface area (Å²) in [5.74, 6) is 5.62. The molecule has 5 saturated carbocycles. The summed E-state index contributed by atoms with van der Waals surface area (Å²) in [7, 11) is 0. The second-order valence-corrected chi connectivity index (χ2v) is 16.7. The van der Waals surface area contributed by atoms with Gasteiger partial charge in [-0.15, -0.1) is 0 Å². The summed E-state index contributed by atoms with van der Waals surface area (Å²) in [6.07, 6.45) is 10.0. The molecule has 0 heterocycles. The maximum Gasteiger partial charge on any atom is -0.0000272 e. The summed E-state index contributed by atoms with van der Waals surface area (Å²) in [6.45, 7) is 0. The Morgan fingerprint density at radius 2 is 0.810 bits per heavy atom. The van der Waals surface area contributed by atoms with Crippen LogP contribution < -0.4 is 0 Å². The lowest BCUT2D eigenvalue weighted by Crippen LogP contribution is -2.47. The molecule has 0 nitrogen and oxygen atoms in total. The van der Waals surface area contributed by atoms with Gasteiger partial charge >= 0.3 is 0 Å². The first-order chi connectivity index (χ1) is 20.8. The van der Waals surface area contributed by atoms with Gasteiger partial charge in [-0.3, -0.25) is 0 Å². The van der Waals surface area contributed by atoms with Gasteiger partial charge in [0.25, 0.3) is 0 Å². The third kappa shape index (κ3) is 1.41. The van der Waals surface area contributed by atoms with Crippen LogP contribution in [0.4, 0.5) is 0 Å². The molecule has 0 aliphatic heterocycles. The minimum Gasteiger partial charge on any atom is -0.0539 e. The van der Waals surface area contributed by atoms with Crippen molar-refractivity contribution in [2.45, 2.75) is 56.8 Å². The standard InChI is InChI=1S/C42H26/c1-2-17-9-19-11-21-13-25-33-32-24(40-41(25)42(40)22-4-14-3-15(6-22)7-23(42)5-14)12-20-10-18-8-16(1)26-27(17)35-29(19)31(21)37(33)39-36(32)30(20)28(18)34(26)38(35)39/h1-2,8-9,12-15,22-23,40-41H,3-7,10-11H2. The highest BCUT2D eigenvalue weighted by Gasteiger charge is 2.76. The third-order valence-electron chi connectivity index (χ3n) is 15.7. The quantitative estimate of drug-likeness (QED) is 0.171. The SMILES string of the molecule is c1c2c3c4c(cc5c6c7c(cc8ccc9cc%10c%11c(c1C%10)c3c(c46)c1c%11c9c8c71)C5)C1C2C12C1CC3CC(C1)CC2C3. The number of benzene rings is 7. The van der Waals surface area contributed by atoms with Gasteiger partial charge in [0, 0.05) is 0 Å². The van der Waals surface area contributed by atoms with Crippen LogP contribution in [-0.2, 0) is 12.8 Å². The van der Waals surface area contributed by atoms with E-state index >= 15 is 0 Å². The number of hydrogen-bond acceptors (Lipinski definition) is 0. The van der Waals surface area contributed by atoms with E-state index in [-0.39, 0.29) is 0 Å². The lowest BCUT2D eigenvalue weighted by molar-refractivity contribution is -0.0577. The zero-order valence-corrected chi connectivity index (χ0v) is 23.4. The Hall–Kier alpha value is -3.64. The first-order valence-corrected chi connectivity index (χ1v) is 17.0. The van der Waals surface area contributed by atoms with Crippen molar-refractivity contribution in [2.24, 2.45) is 29.1 Å². The molecule has 194 valence electrons. The van der Waals surface area contributed by atoms with Crippen LogP contribution in [0.25, 0.3) is 86.2 Å². The van der Waals surface area contributed by atoms with Crippen molar-refractivity contribution in [3.8, 4) is 0 Å². The average molecular weight is 531 g/mol. The van der Waals surface area contributed by atoms with Gasteiger partial charge in [-0.1, -0.05) is 36.4 Å². The van der Waals surface area contributed by atoms with Gasteiger partial charge in [0.1, 0.15) is 0 Å². The minimum absolute atomic E-state index is 0.567. The van der Waals surface area contributed by atoms with Crippen LogP contribution in [0.1, 0.15) is 77.3 Å². The molecule has 0 heteroatoms. The Morgan fingerprint density at radius 1 is 0.405 bits per heavy atom. The molecule has 2 atom stereocenters. The summed E-state index contributed by atoms with van der Waals surface area (Å²) in [4.78, 5) is 0. The smallest absolute Gasteiger partial charge is 0.0000272 e. The Balaban J connectivity index is 1.22. The highest BCUT2D eigenvalue weighted by molar-refractivity contribution is 6.58. The van der Waals surface area contributed by atoms with E-state index in [1.54, 1.807) is 130 Å². The molecule has 1 spiro atoms. The van der Waals surface area contributed by atoms with Crippen molar-refractivity contribution in [1.29, 1.82) is 0 Å². The van der Waals surface area contributed by atoms with E-state index in [0.717, 1.165) is 48.3 Å². The maximum atomic E-state index is 2.82. The molecule has 9 aromatic rings. The van der Waals surface area contributed by atoms with Crippen molar-refractivity contribution in [3.63, 3.8) is 0 Å². The lowest BCUT2D eigenvalue weighted by Gasteiger charge is -2.56. The van der Waals surface area contributed by atoms with Crippen LogP contribution in [-0.4, -0.2) is 0 Å². The second kappa shape index (κ2) is 5.00. The Bertz CT molecular complexity index is 2660. The molecule has 0 amide bonds.